The monoisotopic (exact) mass is 236 g/mol. The van der Waals surface area contributed by atoms with Gasteiger partial charge in [0, 0.05) is 6.54 Å². The van der Waals surface area contributed by atoms with E-state index < -0.39 is 0 Å². The number of amides is 1. The Bertz CT molecular complexity index is 402. The van der Waals surface area contributed by atoms with Crippen LogP contribution < -0.4 is 5.32 Å². The highest BCUT2D eigenvalue weighted by atomic mass is 16.5. The molecule has 1 atom stereocenters. The molecule has 0 aliphatic carbocycles. The number of hydrogen-bond acceptors (Lipinski definition) is 5. The second-order valence-corrected chi connectivity index (χ2v) is 4.09. The highest BCUT2D eigenvalue weighted by molar-refractivity contribution is 5.85. The van der Waals surface area contributed by atoms with Crippen LogP contribution in [-0.4, -0.2) is 40.6 Å². The molecule has 1 aromatic rings. The molecule has 1 aliphatic rings. The lowest BCUT2D eigenvalue weighted by atomic mass is 10.1. The Morgan fingerprint density at radius 3 is 3.18 bits per heavy atom. The van der Waals surface area contributed by atoms with E-state index >= 15 is 0 Å². The molecule has 1 unspecified atom stereocenters. The first-order valence-corrected chi connectivity index (χ1v) is 5.61. The van der Waals surface area contributed by atoms with E-state index in [4.69, 9.17) is 0 Å². The average Bonchev–Trinajstić information content (AvgIpc) is 2.76. The lowest BCUT2D eigenvalue weighted by Crippen LogP contribution is -2.44. The van der Waals surface area contributed by atoms with E-state index in [1.165, 1.54) is 6.39 Å². The second-order valence-electron chi connectivity index (χ2n) is 4.09. The maximum atomic E-state index is 12.2. The van der Waals surface area contributed by atoms with E-state index in [1.54, 1.807) is 11.9 Å². The molecule has 2 rings (SSSR count). The summed E-state index contributed by atoms with van der Waals surface area (Å²) >= 11 is 0. The van der Waals surface area contributed by atoms with Gasteiger partial charge in [-0.1, -0.05) is 17.3 Å². The van der Waals surface area contributed by atoms with Gasteiger partial charge in [-0.3, -0.25) is 4.79 Å². The fourth-order valence-electron chi connectivity index (χ4n) is 2.03. The zero-order chi connectivity index (χ0) is 12.3. The van der Waals surface area contributed by atoms with Crippen molar-refractivity contribution >= 4 is 5.91 Å². The van der Waals surface area contributed by atoms with Gasteiger partial charge in [-0.15, -0.1) is 0 Å². The molecule has 1 amide bonds. The summed E-state index contributed by atoms with van der Waals surface area (Å²) in [5.41, 5.74) is 0.938. The smallest absolute Gasteiger partial charge is 0.244 e. The molecular formula is C11H16N4O2. The van der Waals surface area contributed by atoms with Gasteiger partial charge >= 0.3 is 0 Å². The summed E-state index contributed by atoms with van der Waals surface area (Å²) in [5, 5.41) is 6.72. The fourth-order valence-corrected chi connectivity index (χ4v) is 2.03. The third kappa shape index (κ3) is 2.52. The molecule has 0 bridgehead atoms. The van der Waals surface area contributed by atoms with Crippen molar-refractivity contribution in [1.29, 1.82) is 0 Å². The highest BCUT2D eigenvalue weighted by Gasteiger charge is 2.28. The number of likely N-dealkylation sites (N-methyl/N-ethyl adjacent to an activating group) is 1. The van der Waals surface area contributed by atoms with Crippen molar-refractivity contribution in [2.75, 3.05) is 13.6 Å². The van der Waals surface area contributed by atoms with E-state index in [9.17, 15) is 4.79 Å². The van der Waals surface area contributed by atoms with Crippen LogP contribution in [0.25, 0.3) is 0 Å². The number of likely N-dealkylation sites (tertiary alicyclic amines) is 1. The van der Waals surface area contributed by atoms with Gasteiger partial charge in [0.15, 0.2) is 5.82 Å². The zero-order valence-corrected chi connectivity index (χ0v) is 9.85. The molecule has 0 spiro atoms. The molecule has 0 saturated carbocycles. The predicted molar refractivity (Wildman–Crippen MR) is 60.9 cm³/mol. The fraction of sp³-hybridized carbons (Fsp3) is 0.545. The average molecular weight is 236 g/mol. The normalized spacial score (nSPS) is 21.7. The quantitative estimate of drug-likeness (QED) is 0.766. The highest BCUT2D eigenvalue weighted by Crippen LogP contribution is 2.17. The van der Waals surface area contributed by atoms with Crippen LogP contribution in [0.15, 0.2) is 23.1 Å². The first-order valence-electron chi connectivity index (χ1n) is 5.61. The Balaban J connectivity index is 2.11. The number of carbonyl (C=O) groups excluding carboxylic acids is 1. The minimum absolute atomic E-state index is 0.0276. The Kier molecular flexibility index (Phi) is 3.53. The van der Waals surface area contributed by atoms with Crippen LogP contribution in [0, 0.1) is 0 Å². The number of hydrogen-bond donors (Lipinski definition) is 1. The van der Waals surface area contributed by atoms with E-state index in [1.807, 2.05) is 0 Å². The summed E-state index contributed by atoms with van der Waals surface area (Å²) in [7, 11) is 1.77. The molecule has 0 aromatic carbocycles. The molecule has 2 heterocycles. The van der Waals surface area contributed by atoms with Crippen molar-refractivity contribution in [3.8, 4) is 0 Å². The van der Waals surface area contributed by atoms with Crippen LogP contribution in [-0.2, 0) is 11.3 Å². The molecule has 1 aromatic heterocycles. The van der Waals surface area contributed by atoms with Gasteiger partial charge in [0.05, 0.1) is 6.54 Å². The summed E-state index contributed by atoms with van der Waals surface area (Å²) in [6, 6.07) is -0.301. The second kappa shape index (κ2) is 5.09. The Hall–Kier alpha value is -1.69. The predicted octanol–water partition coefficient (Wildman–Crippen LogP) is 0.336. The van der Waals surface area contributed by atoms with Crippen LogP contribution in [0.3, 0.4) is 0 Å². The number of carbonyl (C=O) groups is 1. The van der Waals surface area contributed by atoms with Gasteiger partial charge in [-0.05, 0) is 19.9 Å². The van der Waals surface area contributed by atoms with Crippen LogP contribution >= 0.6 is 0 Å². The van der Waals surface area contributed by atoms with E-state index in [0.29, 0.717) is 18.9 Å². The van der Waals surface area contributed by atoms with Crippen molar-refractivity contribution in [2.45, 2.75) is 25.4 Å². The summed E-state index contributed by atoms with van der Waals surface area (Å²) in [5.74, 6) is 0.556. The molecular weight excluding hydrogens is 220 g/mol. The first-order chi connectivity index (χ1) is 8.22. The standard InChI is InChI=1S/C11H16N4O2/c1-8-4-3-5-15(11(16)10(8)12-2)6-9-13-7-17-14-9/h7,10,12H,1,3-6H2,2H3. The molecule has 0 radical (unpaired) electrons. The SMILES string of the molecule is C=C1CCCN(Cc2ncon2)C(=O)C1NC. The van der Waals surface area contributed by atoms with Crippen LogP contribution in [0.5, 0.6) is 0 Å². The largest absolute Gasteiger partial charge is 0.343 e. The van der Waals surface area contributed by atoms with Crippen LogP contribution in [0.1, 0.15) is 18.7 Å². The van der Waals surface area contributed by atoms with E-state index in [-0.39, 0.29) is 11.9 Å². The van der Waals surface area contributed by atoms with E-state index in [2.05, 4.69) is 26.6 Å². The Morgan fingerprint density at radius 1 is 1.71 bits per heavy atom. The Morgan fingerprint density at radius 2 is 2.53 bits per heavy atom. The van der Waals surface area contributed by atoms with Crippen molar-refractivity contribution in [3.05, 3.63) is 24.4 Å². The number of nitrogens with zero attached hydrogens (tertiary/aromatic N) is 3. The van der Waals surface area contributed by atoms with Gasteiger partial charge in [0.1, 0.15) is 6.04 Å². The van der Waals surface area contributed by atoms with Crippen molar-refractivity contribution < 1.29 is 9.32 Å². The molecule has 1 fully saturated rings. The van der Waals surface area contributed by atoms with Gasteiger partial charge < -0.3 is 14.7 Å². The van der Waals surface area contributed by atoms with E-state index in [0.717, 1.165) is 18.4 Å². The molecule has 92 valence electrons. The van der Waals surface area contributed by atoms with Gasteiger partial charge in [0.25, 0.3) is 0 Å². The van der Waals surface area contributed by atoms with Crippen LogP contribution in [0.2, 0.25) is 0 Å². The number of nitrogens with one attached hydrogen (secondary N) is 1. The van der Waals surface area contributed by atoms with Gasteiger partial charge in [-0.2, -0.15) is 4.98 Å². The molecule has 17 heavy (non-hydrogen) atoms. The summed E-state index contributed by atoms with van der Waals surface area (Å²) in [6.45, 7) is 5.04. The summed E-state index contributed by atoms with van der Waals surface area (Å²) < 4.78 is 4.66. The number of aromatic nitrogens is 2. The van der Waals surface area contributed by atoms with Crippen molar-refractivity contribution in [3.63, 3.8) is 0 Å². The zero-order valence-electron chi connectivity index (χ0n) is 9.85. The molecule has 1 aliphatic heterocycles. The third-order valence-corrected chi connectivity index (χ3v) is 2.92. The molecule has 6 nitrogen and oxygen atoms in total. The van der Waals surface area contributed by atoms with Crippen molar-refractivity contribution in [1.82, 2.24) is 20.4 Å². The third-order valence-electron chi connectivity index (χ3n) is 2.92. The lowest BCUT2D eigenvalue weighted by Gasteiger charge is -2.23. The number of rotatable bonds is 3. The maximum Gasteiger partial charge on any atom is 0.244 e. The maximum absolute atomic E-state index is 12.2. The minimum atomic E-state index is -0.301. The van der Waals surface area contributed by atoms with Crippen LogP contribution in [0.4, 0.5) is 0 Å². The topological polar surface area (TPSA) is 71.3 Å². The Labute approximate surface area is 99.7 Å². The molecule has 1 N–H and O–H groups in total. The van der Waals surface area contributed by atoms with Gasteiger partial charge in [-0.25, -0.2) is 0 Å². The molecule has 6 heteroatoms. The summed E-state index contributed by atoms with van der Waals surface area (Å²) in [4.78, 5) is 17.9. The first kappa shape index (κ1) is 11.8. The lowest BCUT2D eigenvalue weighted by molar-refractivity contribution is -0.132. The minimum Gasteiger partial charge on any atom is -0.343 e. The van der Waals surface area contributed by atoms with Crippen molar-refractivity contribution in [2.24, 2.45) is 0 Å². The molecule has 1 saturated heterocycles. The summed E-state index contributed by atoms with van der Waals surface area (Å²) in [6.07, 6.45) is 3.05. The van der Waals surface area contributed by atoms with Gasteiger partial charge in [0.2, 0.25) is 12.3 Å².